The summed E-state index contributed by atoms with van der Waals surface area (Å²) in [4.78, 5) is 0. The lowest BCUT2D eigenvalue weighted by atomic mass is 9.90. The van der Waals surface area contributed by atoms with Gasteiger partial charge in [-0.2, -0.15) is 11.8 Å². The van der Waals surface area contributed by atoms with E-state index in [0.29, 0.717) is 11.9 Å². The molecule has 0 aromatic carbocycles. The molecule has 0 saturated carbocycles. The van der Waals surface area contributed by atoms with E-state index in [4.69, 9.17) is 16.3 Å². The number of nitrogens with zero attached hydrogens (tertiary/aromatic N) is 3. The summed E-state index contributed by atoms with van der Waals surface area (Å²) in [6.45, 7) is 0.843. The molecule has 0 aliphatic carbocycles. The maximum atomic E-state index is 6.03. The molecule has 0 radical (unpaired) electrons. The molecule has 4 nitrogen and oxygen atoms in total. The summed E-state index contributed by atoms with van der Waals surface area (Å²) >= 11 is 7.73. The van der Waals surface area contributed by atoms with Crippen molar-refractivity contribution in [2.45, 2.75) is 37.3 Å². The van der Waals surface area contributed by atoms with Crippen molar-refractivity contribution in [3.8, 4) is 0 Å². The summed E-state index contributed by atoms with van der Waals surface area (Å²) in [5.74, 6) is 2.96. The Morgan fingerprint density at radius 2 is 2.56 bits per heavy atom. The molecule has 2 saturated heterocycles. The third-order valence-corrected chi connectivity index (χ3v) is 5.23. The number of hydrogen-bond donors (Lipinski definition) is 0. The van der Waals surface area contributed by atoms with Gasteiger partial charge in [0.05, 0.1) is 17.3 Å². The number of aryl methyl sites for hydroxylation is 1. The van der Waals surface area contributed by atoms with Crippen molar-refractivity contribution in [2.75, 3.05) is 24.0 Å². The third-order valence-electron chi connectivity index (χ3n) is 3.82. The second-order valence-electron chi connectivity index (χ2n) is 5.11. The third kappa shape index (κ3) is 2.53. The second-order valence-corrected chi connectivity index (χ2v) is 6.59. The average Bonchev–Trinajstić information content (AvgIpc) is 3.00. The minimum absolute atomic E-state index is 0.103. The molecule has 0 N–H and O–H groups in total. The number of alkyl halides is 1. The lowest BCUT2D eigenvalue weighted by molar-refractivity contribution is -0.0780. The van der Waals surface area contributed by atoms with Gasteiger partial charge in [-0.15, -0.1) is 16.7 Å². The first-order valence-electron chi connectivity index (χ1n) is 6.50. The SMILES string of the molecule is ClCCc1cn(C2CCOC3(CCSC3)C2)nn1. The molecule has 2 unspecified atom stereocenters. The lowest BCUT2D eigenvalue weighted by Gasteiger charge is -2.37. The second kappa shape index (κ2) is 5.39. The predicted molar refractivity (Wildman–Crippen MR) is 73.3 cm³/mol. The van der Waals surface area contributed by atoms with E-state index in [9.17, 15) is 0 Å². The van der Waals surface area contributed by atoms with Crippen LogP contribution >= 0.6 is 23.4 Å². The van der Waals surface area contributed by atoms with Crippen molar-refractivity contribution in [2.24, 2.45) is 0 Å². The summed E-state index contributed by atoms with van der Waals surface area (Å²) in [7, 11) is 0. The van der Waals surface area contributed by atoms with Crippen LogP contribution in [0.1, 0.15) is 31.0 Å². The molecule has 1 spiro atoms. The van der Waals surface area contributed by atoms with Crippen LogP contribution in [0.3, 0.4) is 0 Å². The lowest BCUT2D eigenvalue weighted by Crippen LogP contribution is -2.40. The first-order chi connectivity index (χ1) is 8.81. The van der Waals surface area contributed by atoms with Gasteiger partial charge in [0.15, 0.2) is 0 Å². The summed E-state index contributed by atoms with van der Waals surface area (Å²) in [6.07, 6.45) is 6.14. The molecule has 2 aliphatic rings. The summed E-state index contributed by atoms with van der Waals surface area (Å²) in [6, 6.07) is 0.439. The van der Waals surface area contributed by atoms with Crippen LogP contribution in [0.2, 0.25) is 0 Å². The van der Waals surface area contributed by atoms with E-state index in [0.717, 1.165) is 37.3 Å². The van der Waals surface area contributed by atoms with E-state index in [1.54, 1.807) is 0 Å². The van der Waals surface area contributed by atoms with Gasteiger partial charge in [0.25, 0.3) is 0 Å². The van der Waals surface area contributed by atoms with Crippen molar-refractivity contribution < 1.29 is 4.74 Å². The van der Waals surface area contributed by atoms with Gasteiger partial charge in [0.2, 0.25) is 0 Å². The van der Waals surface area contributed by atoms with Gasteiger partial charge in [-0.1, -0.05) is 5.21 Å². The Hall–Kier alpha value is -0.260. The van der Waals surface area contributed by atoms with Crippen LogP contribution in [-0.4, -0.2) is 44.6 Å². The molecule has 18 heavy (non-hydrogen) atoms. The number of aromatic nitrogens is 3. The smallest absolute Gasteiger partial charge is 0.0839 e. The van der Waals surface area contributed by atoms with Crippen molar-refractivity contribution in [1.29, 1.82) is 0 Å². The molecule has 3 heterocycles. The number of hydrogen-bond acceptors (Lipinski definition) is 4. The number of thioether (sulfide) groups is 1. The average molecular weight is 288 g/mol. The zero-order valence-corrected chi connectivity index (χ0v) is 11.9. The maximum absolute atomic E-state index is 6.03. The van der Waals surface area contributed by atoms with Crippen LogP contribution in [-0.2, 0) is 11.2 Å². The normalized spacial score (nSPS) is 32.2. The molecule has 0 bridgehead atoms. The minimum atomic E-state index is 0.103. The van der Waals surface area contributed by atoms with E-state index in [2.05, 4.69) is 10.3 Å². The first-order valence-corrected chi connectivity index (χ1v) is 8.19. The van der Waals surface area contributed by atoms with Crippen LogP contribution in [0.25, 0.3) is 0 Å². The van der Waals surface area contributed by atoms with Gasteiger partial charge in [-0.25, -0.2) is 4.68 Å². The zero-order chi connectivity index (χ0) is 12.4. The van der Waals surface area contributed by atoms with Gasteiger partial charge < -0.3 is 4.74 Å². The van der Waals surface area contributed by atoms with Crippen molar-refractivity contribution in [1.82, 2.24) is 15.0 Å². The topological polar surface area (TPSA) is 39.9 Å². The Balaban J connectivity index is 1.71. The van der Waals surface area contributed by atoms with Gasteiger partial charge in [-0.3, -0.25) is 0 Å². The highest BCUT2D eigenvalue weighted by atomic mass is 35.5. The van der Waals surface area contributed by atoms with E-state index >= 15 is 0 Å². The van der Waals surface area contributed by atoms with Crippen molar-refractivity contribution in [3.63, 3.8) is 0 Å². The van der Waals surface area contributed by atoms with Crippen molar-refractivity contribution >= 4 is 23.4 Å². The summed E-state index contributed by atoms with van der Waals surface area (Å²) < 4.78 is 8.05. The summed E-state index contributed by atoms with van der Waals surface area (Å²) in [5.41, 5.74) is 1.10. The fourth-order valence-electron chi connectivity index (χ4n) is 2.79. The van der Waals surface area contributed by atoms with Gasteiger partial charge in [0, 0.05) is 30.9 Å². The highest BCUT2D eigenvalue weighted by Crippen LogP contribution is 2.41. The van der Waals surface area contributed by atoms with Crippen LogP contribution < -0.4 is 0 Å². The van der Waals surface area contributed by atoms with Crippen LogP contribution in [0.5, 0.6) is 0 Å². The molecule has 0 amide bonds. The minimum Gasteiger partial charge on any atom is -0.374 e. The van der Waals surface area contributed by atoms with Crippen LogP contribution in [0.4, 0.5) is 0 Å². The Morgan fingerprint density at radius 3 is 3.33 bits per heavy atom. The molecule has 2 aliphatic heterocycles. The highest BCUT2D eigenvalue weighted by Gasteiger charge is 2.41. The zero-order valence-electron chi connectivity index (χ0n) is 10.3. The molecule has 6 heteroatoms. The van der Waals surface area contributed by atoms with Crippen molar-refractivity contribution in [3.05, 3.63) is 11.9 Å². The molecular formula is C12H18ClN3OS. The quantitative estimate of drug-likeness (QED) is 0.800. The summed E-state index contributed by atoms with van der Waals surface area (Å²) in [5, 5.41) is 8.44. The monoisotopic (exact) mass is 287 g/mol. The predicted octanol–water partition coefficient (Wildman–Crippen LogP) is 2.29. The fourth-order valence-corrected chi connectivity index (χ4v) is 4.37. The van der Waals surface area contributed by atoms with Gasteiger partial charge in [0.1, 0.15) is 0 Å². The van der Waals surface area contributed by atoms with Gasteiger partial charge in [-0.05, 0) is 25.0 Å². The molecule has 2 fully saturated rings. The molecular weight excluding hydrogens is 270 g/mol. The fraction of sp³-hybridized carbons (Fsp3) is 0.833. The van der Waals surface area contributed by atoms with E-state index in [1.807, 2.05) is 22.6 Å². The molecule has 100 valence electrons. The molecule has 2 atom stereocenters. The van der Waals surface area contributed by atoms with E-state index < -0.39 is 0 Å². The van der Waals surface area contributed by atoms with Crippen LogP contribution in [0, 0.1) is 0 Å². The Bertz CT molecular complexity index is 406. The largest absolute Gasteiger partial charge is 0.374 e. The standard InChI is InChI=1S/C12H18ClN3OS/c13-4-1-10-8-16(15-14-10)11-2-5-17-12(7-11)3-6-18-9-12/h8,11H,1-7,9H2. The van der Waals surface area contributed by atoms with E-state index in [-0.39, 0.29) is 5.60 Å². The first kappa shape index (κ1) is 12.8. The number of ether oxygens (including phenoxy) is 1. The maximum Gasteiger partial charge on any atom is 0.0839 e. The highest BCUT2D eigenvalue weighted by molar-refractivity contribution is 7.99. The van der Waals surface area contributed by atoms with Gasteiger partial charge >= 0.3 is 0 Å². The van der Waals surface area contributed by atoms with E-state index in [1.165, 1.54) is 12.2 Å². The Kier molecular flexibility index (Phi) is 3.82. The Labute approximate surface area is 116 Å². The molecule has 1 aromatic heterocycles. The molecule has 1 aromatic rings. The Morgan fingerprint density at radius 1 is 1.61 bits per heavy atom. The number of halogens is 1. The molecule has 3 rings (SSSR count). The van der Waals surface area contributed by atoms with Crippen LogP contribution in [0.15, 0.2) is 6.20 Å². The number of rotatable bonds is 3.